The van der Waals surface area contributed by atoms with Crippen LogP contribution >= 0.6 is 0 Å². The lowest BCUT2D eigenvalue weighted by Gasteiger charge is -2.31. The molecule has 7 nitrogen and oxygen atoms in total. The Labute approximate surface area is 149 Å². The van der Waals surface area contributed by atoms with Gasteiger partial charge in [-0.1, -0.05) is 0 Å². The van der Waals surface area contributed by atoms with E-state index in [4.69, 9.17) is 4.74 Å². The topological polar surface area (TPSA) is 83.6 Å². The SMILES string of the molecule is CCOCCCNC(=O)C1CCN(C(=O)NCc2ccncc2)CC1. The maximum absolute atomic E-state index is 12.2. The van der Waals surface area contributed by atoms with Gasteiger partial charge in [0.1, 0.15) is 0 Å². The summed E-state index contributed by atoms with van der Waals surface area (Å²) in [6.07, 6.45) is 5.66. The van der Waals surface area contributed by atoms with Crippen molar-refractivity contribution in [2.24, 2.45) is 5.92 Å². The summed E-state index contributed by atoms with van der Waals surface area (Å²) < 4.78 is 5.25. The second-order valence-corrected chi connectivity index (χ2v) is 6.12. The molecule has 0 atom stereocenters. The lowest BCUT2D eigenvalue weighted by molar-refractivity contribution is -0.126. The van der Waals surface area contributed by atoms with Crippen molar-refractivity contribution in [3.05, 3.63) is 30.1 Å². The van der Waals surface area contributed by atoms with E-state index in [1.165, 1.54) is 0 Å². The second-order valence-electron chi connectivity index (χ2n) is 6.12. The van der Waals surface area contributed by atoms with Crippen molar-refractivity contribution < 1.29 is 14.3 Å². The lowest BCUT2D eigenvalue weighted by atomic mass is 9.96. The Morgan fingerprint density at radius 3 is 2.64 bits per heavy atom. The molecule has 0 saturated carbocycles. The number of carbonyl (C=O) groups excluding carboxylic acids is 2. The molecule has 25 heavy (non-hydrogen) atoms. The summed E-state index contributed by atoms with van der Waals surface area (Å²) in [7, 11) is 0. The molecule has 1 aromatic heterocycles. The number of rotatable bonds is 8. The van der Waals surface area contributed by atoms with Crippen LogP contribution in [-0.4, -0.2) is 54.7 Å². The van der Waals surface area contributed by atoms with Crippen molar-refractivity contribution in [2.45, 2.75) is 32.7 Å². The van der Waals surface area contributed by atoms with Gasteiger partial charge in [0, 0.05) is 57.7 Å². The largest absolute Gasteiger partial charge is 0.382 e. The fraction of sp³-hybridized carbons (Fsp3) is 0.611. The third kappa shape index (κ3) is 6.70. The molecule has 2 heterocycles. The summed E-state index contributed by atoms with van der Waals surface area (Å²) in [5.41, 5.74) is 1.02. The summed E-state index contributed by atoms with van der Waals surface area (Å²) in [5, 5.41) is 5.87. The first kappa shape index (κ1) is 19.2. The van der Waals surface area contributed by atoms with E-state index >= 15 is 0 Å². The number of urea groups is 1. The molecule has 0 spiro atoms. The normalized spacial score (nSPS) is 15.0. The summed E-state index contributed by atoms with van der Waals surface area (Å²) in [5.74, 6) is 0.0877. The van der Waals surface area contributed by atoms with E-state index in [-0.39, 0.29) is 17.9 Å². The average Bonchev–Trinajstić information content (AvgIpc) is 2.66. The molecular weight excluding hydrogens is 320 g/mol. The summed E-state index contributed by atoms with van der Waals surface area (Å²) in [6.45, 7) is 5.69. The highest BCUT2D eigenvalue weighted by atomic mass is 16.5. The minimum atomic E-state index is -0.0765. The van der Waals surface area contributed by atoms with Crippen LogP contribution in [0.2, 0.25) is 0 Å². The molecule has 0 aliphatic carbocycles. The number of hydrogen-bond donors (Lipinski definition) is 2. The van der Waals surface area contributed by atoms with Crippen LogP contribution in [0.25, 0.3) is 0 Å². The summed E-state index contributed by atoms with van der Waals surface area (Å²) in [4.78, 5) is 30.1. The fourth-order valence-corrected chi connectivity index (χ4v) is 2.81. The Bertz CT molecular complexity index is 530. The third-order valence-electron chi connectivity index (χ3n) is 4.31. The molecule has 7 heteroatoms. The molecule has 1 aliphatic rings. The molecule has 0 aromatic carbocycles. The predicted molar refractivity (Wildman–Crippen MR) is 94.9 cm³/mol. The summed E-state index contributed by atoms with van der Waals surface area (Å²) >= 11 is 0. The number of ether oxygens (including phenoxy) is 1. The molecular formula is C18H28N4O3. The number of aromatic nitrogens is 1. The van der Waals surface area contributed by atoms with Gasteiger partial charge in [-0.25, -0.2) is 4.79 Å². The van der Waals surface area contributed by atoms with Crippen LogP contribution in [0.5, 0.6) is 0 Å². The average molecular weight is 348 g/mol. The highest BCUT2D eigenvalue weighted by molar-refractivity contribution is 5.79. The van der Waals surface area contributed by atoms with Gasteiger partial charge in [-0.2, -0.15) is 0 Å². The Kier molecular flexibility index (Phi) is 8.18. The van der Waals surface area contributed by atoms with Gasteiger partial charge in [0.25, 0.3) is 0 Å². The van der Waals surface area contributed by atoms with Gasteiger partial charge in [-0.3, -0.25) is 9.78 Å². The van der Waals surface area contributed by atoms with E-state index < -0.39 is 0 Å². The molecule has 1 aromatic rings. The predicted octanol–water partition coefficient (Wildman–Crippen LogP) is 1.55. The number of carbonyl (C=O) groups is 2. The zero-order chi connectivity index (χ0) is 17.9. The monoisotopic (exact) mass is 348 g/mol. The Morgan fingerprint density at radius 2 is 1.96 bits per heavy atom. The summed E-state index contributed by atoms with van der Waals surface area (Å²) in [6, 6.07) is 3.68. The van der Waals surface area contributed by atoms with Crippen LogP contribution in [0, 0.1) is 5.92 Å². The number of nitrogens with zero attached hydrogens (tertiary/aromatic N) is 2. The smallest absolute Gasteiger partial charge is 0.317 e. The Balaban J connectivity index is 1.63. The van der Waals surface area contributed by atoms with Crippen LogP contribution in [0.15, 0.2) is 24.5 Å². The Morgan fingerprint density at radius 1 is 1.24 bits per heavy atom. The highest BCUT2D eigenvalue weighted by Crippen LogP contribution is 2.17. The van der Waals surface area contributed by atoms with Gasteiger partial charge in [0.05, 0.1) is 0 Å². The highest BCUT2D eigenvalue weighted by Gasteiger charge is 2.26. The number of amides is 3. The van der Waals surface area contributed by atoms with Crippen molar-refractivity contribution >= 4 is 11.9 Å². The van der Waals surface area contributed by atoms with Crippen LogP contribution in [0.3, 0.4) is 0 Å². The zero-order valence-electron chi connectivity index (χ0n) is 14.9. The molecule has 0 radical (unpaired) electrons. The van der Waals surface area contributed by atoms with Crippen molar-refractivity contribution in [1.29, 1.82) is 0 Å². The van der Waals surface area contributed by atoms with Gasteiger partial charge >= 0.3 is 6.03 Å². The van der Waals surface area contributed by atoms with E-state index in [2.05, 4.69) is 15.6 Å². The second kappa shape index (κ2) is 10.7. The maximum atomic E-state index is 12.2. The standard InChI is InChI=1S/C18H28N4O3/c1-2-25-13-3-8-20-17(23)16-6-11-22(12-7-16)18(24)21-14-15-4-9-19-10-5-15/h4-5,9-10,16H,2-3,6-8,11-14H2,1H3,(H,20,23)(H,21,24). The molecule has 3 amide bonds. The van der Waals surface area contributed by atoms with E-state index in [0.717, 1.165) is 12.0 Å². The lowest BCUT2D eigenvalue weighted by Crippen LogP contribution is -2.46. The molecule has 1 fully saturated rings. The van der Waals surface area contributed by atoms with Crippen molar-refractivity contribution in [3.8, 4) is 0 Å². The number of piperidine rings is 1. The maximum Gasteiger partial charge on any atom is 0.317 e. The van der Waals surface area contributed by atoms with Crippen molar-refractivity contribution in [1.82, 2.24) is 20.5 Å². The molecule has 138 valence electrons. The Hall–Kier alpha value is -2.15. The first-order valence-corrected chi connectivity index (χ1v) is 8.98. The molecule has 2 rings (SSSR count). The van der Waals surface area contributed by atoms with Gasteiger partial charge in [-0.15, -0.1) is 0 Å². The minimum absolute atomic E-state index is 0.00339. The van der Waals surface area contributed by atoms with E-state index in [1.54, 1.807) is 17.3 Å². The van der Waals surface area contributed by atoms with Gasteiger partial charge in [0.2, 0.25) is 5.91 Å². The van der Waals surface area contributed by atoms with Crippen LogP contribution in [0.1, 0.15) is 31.7 Å². The number of hydrogen-bond acceptors (Lipinski definition) is 4. The zero-order valence-corrected chi connectivity index (χ0v) is 14.9. The molecule has 0 unspecified atom stereocenters. The van der Waals surface area contributed by atoms with Gasteiger partial charge in [0.15, 0.2) is 0 Å². The van der Waals surface area contributed by atoms with E-state index in [0.29, 0.717) is 52.2 Å². The van der Waals surface area contributed by atoms with Crippen molar-refractivity contribution in [2.75, 3.05) is 32.8 Å². The fourth-order valence-electron chi connectivity index (χ4n) is 2.81. The van der Waals surface area contributed by atoms with Crippen LogP contribution < -0.4 is 10.6 Å². The van der Waals surface area contributed by atoms with Gasteiger partial charge < -0.3 is 20.3 Å². The van der Waals surface area contributed by atoms with E-state index in [9.17, 15) is 9.59 Å². The molecule has 2 N–H and O–H groups in total. The first-order chi connectivity index (χ1) is 12.2. The number of nitrogens with one attached hydrogen (secondary N) is 2. The van der Waals surface area contributed by atoms with E-state index in [1.807, 2.05) is 19.1 Å². The molecule has 0 bridgehead atoms. The van der Waals surface area contributed by atoms with Crippen LogP contribution in [0.4, 0.5) is 4.79 Å². The molecule has 1 aliphatic heterocycles. The van der Waals surface area contributed by atoms with Crippen LogP contribution in [-0.2, 0) is 16.1 Å². The molecule has 1 saturated heterocycles. The quantitative estimate of drug-likeness (QED) is 0.698. The third-order valence-corrected chi connectivity index (χ3v) is 4.31. The number of likely N-dealkylation sites (tertiary alicyclic amines) is 1. The minimum Gasteiger partial charge on any atom is -0.382 e. The van der Waals surface area contributed by atoms with Crippen molar-refractivity contribution in [3.63, 3.8) is 0 Å². The first-order valence-electron chi connectivity index (χ1n) is 8.98. The number of pyridine rings is 1. The van der Waals surface area contributed by atoms with Gasteiger partial charge in [-0.05, 0) is 43.9 Å².